The maximum atomic E-state index is 5.95. The number of aliphatic imine (C=N–C) groups is 1. The Bertz CT molecular complexity index is 663. The Morgan fingerprint density at radius 2 is 2.23 bits per heavy atom. The molecule has 0 spiro atoms. The molecule has 0 aliphatic heterocycles. The molecule has 1 aliphatic carbocycles. The second-order valence-electron chi connectivity index (χ2n) is 5.35. The molecule has 0 atom stereocenters. The van der Waals surface area contributed by atoms with E-state index in [1.807, 2.05) is 12.1 Å². The molecule has 0 saturated heterocycles. The summed E-state index contributed by atoms with van der Waals surface area (Å²) >= 11 is 5.95. The smallest absolute Gasteiger partial charge is 0.248 e. The molecule has 0 unspecified atom stereocenters. The van der Waals surface area contributed by atoms with Crippen molar-refractivity contribution in [2.45, 2.75) is 38.3 Å². The Labute approximate surface area is 133 Å². The highest BCUT2D eigenvalue weighted by Gasteiger charge is 2.15. The van der Waals surface area contributed by atoms with Crippen LogP contribution in [0.4, 0.5) is 0 Å². The van der Waals surface area contributed by atoms with Crippen molar-refractivity contribution < 1.29 is 4.52 Å². The van der Waals surface area contributed by atoms with Crippen LogP contribution in [-0.4, -0.2) is 22.1 Å². The minimum absolute atomic E-state index is 0.263. The topological polar surface area (TPSA) is 89.3 Å². The third kappa shape index (κ3) is 3.76. The van der Waals surface area contributed by atoms with Crippen LogP contribution in [0.3, 0.4) is 0 Å². The summed E-state index contributed by atoms with van der Waals surface area (Å²) < 4.78 is 5.18. The number of hydrogen-bond donors (Lipinski definition) is 2. The first-order chi connectivity index (χ1) is 10.7. The van der Waals surface area contributed by atoms with Gasteiger partial charge in [-0.3, -0.25) is 0 Å². The molecule has 116 valence electrons. The van der Waals surface area contributed by atoms with Crippen molar-refractivity contribution in [1.82, 2.24) is 15.5 Å². The predicted octanol–water partition coefficient (Wildman–Crippen LogP) is 2.74. The van der Waals surface area contributed by atoms with Crippen LogP contribution in [0.25, 0.3) is 11.4 Å². The third-order valence-corrected chi connectivity index (χ3v) is 3.88. The van der Waals surface area contributed by atoms with Gasteiger partial charge in [0.2, 0.25) is 11.7 Å². The molecule has 7 heteroatoms. The van der Waals surface area contributed by atoms with Gasteiger partial charge in [0, 0.05) is 16.6 Å². The van der Waals surface area contributed by atoms with Crippen molar-refractivity contribution in [3.05, 3.63) is 35.2 Å². The highest BCUT2D eigenvalue weighted by atomic mass is 35.5. The number of guanidine groups is 1. The van der Waals surface area contributed by atoms with Crippen molar-refractivity contribution in [3.63, 3.8) is 0 Å². The first-order valence-corrected chi connectivity index (χ1v) is 7.73. The number of aromatic nitrogens is 2. The van der Waals surface area contributed by atoms with Gasteiger partial charge in [-0.15, -0.1) is 0 Å². The number of halogens is 1. The van der Waals surface area contributed by atoms with E-state index < -0.39 is 0 Å². The standard InChI is InChI=1S/C15H18ClN5O/c16-11-5-3-4-10(8-11)14-20-13(22-21-14)9-18-15(17)19-12-6-1-2-7-12/h3-5,8,12H,1-2,6-7,9H2,(H3,17,18,19). The van der Waals surface area contributed by atoms with Gasteiger partial charge in [-0.05, 0) is 25.0 Å². The number of benzene rings is 1. The molecular formula is C15H18ClN5O. The number of nitrogens with one attached hydrogen (secondary N) is 1. The lowest BCUT2D eigenvalue weighted by Gasteiger charge is -2.11. The van der Waals surface area contributed by atoms with Gasteiger partial charge in [0.25, 0.3) is 0 Å². The van der Waals surface area contributed by atoms with E-state index >= 15 is 0 Å². The monoisotopic (exact) mass is 319 g/mol. The second kappa shape index (κ2) is 6.79. The molecule has 0 amide bonds. The van der Waals surface area contributed by atoms with Crippen LogP contribution >= 0.6 is 11.6 Å². The molecule has 1 fully saturated rings. The van der Waals surface area contributed by atoms with Crippen molar-refractivity contribution >= 4 is 17.6 Å². The van der Waals surface area contributed by atoms with Crippen LogP contribution < -0.4 is 11.1 Å². The average molecular weight is 320 g/mol. The van der Waals surface area contributed by atoms with Crippen LogP contribution in [0.2, 0.25) is 5.02 Å². The van der Waals surface area contributed by atoms with E-state index in [0.717, 1.165) is 18.4 Å². The molecule has 3 N–H and O–H groups in total. The lowest BCUT2D eigenvalue weighted by molar-refractivity contribution is 0.380. The Hall–Kier alpha value is -2.08. The number of rotatable bonds is 4. The van der Waals surface area contributed by atoms with Gasteiger partial charge in [0.15, 0.2) is 5.96 Å². The quantitative estimate of drug-likeness (QED) is 0.668. The van der Waals surface area contributed by atoms with Gasteiger partial charge >= 0.3 is 0 Å². The van der Waals surface area contributed by atoms with Crippen molar-refractivity contribution in [3.8, 4) is 11.4 Å². The molecule has 1 aliphatic rings. The minimum atomic E-state index is 0.263. The number of hydrogen-bond acceptors (Lipinski definition) is 4. The molecule has 22 heavy (non-hydrogen) atoms. The molecule has 1 aromatic heterocycles. The summed E-state index contributed by atoms with van der Waals surface area (Å²) in [6.45, 7) is 0.263. The summed E-state index contributed by atoms with van der Waals surface area (Å²) in [6.07, 6.45) is 4.79. The van der Waals surface area contributed by atoms with E-state index in [0.29, 0.717) is 28.7 Å². The third-order valence-electron chi connectivity index (χ3n) is 3.64. The molecule has 1 aromatic carbocycles. The van der Waals surface area contributed by atoms with Gasteiger partial charge in [0.05, 0.1) is 0 Å². The first kappa shape index (κ1) is 14.8. The Kier molecular flexibility index (Phi) is 4.58. The lowest BCUT2D eigenvalue weighted by atomic mass is 10.2. The van der Waals surface area contributed by atoms with Crippen molar-refractivity contribution in [1.29, 1.82) is 0 Å². The minimum Gasteiger partial charge on any atom is -0.370 e. The highest BCUT2D eigenvalue weighted by Crippen LogP contribution is 2.20. The van der Waals surface area contributed by atoms with E-state index in [1.54, 1.807) is 12.1 Å². The van der Waals surface area contributed by atoms with Crippen LogP contribution in [-0.2, 0) is 6.54 Å². The Balaban J connectivity index is 1.61. The van der Waals surface area contributed by atoms with E-state index in [4.69, 9.17) is 21.9 Å². The summed E-state index contributed by atoms with van der Waals surface area (Å²) in [4.78, 5) is 8.54. The SMILES string of the molecule is NC(=NCc1nc(-c2cccc(Cl)c2)no1)NC1CCCC1. The summed E-state index contributed by atoms with van der Waals surface area (Å²) in [5, 5.41) is 7.78. The summed E-state index contributed by atoms with van der Waals surface area (Å²) in [5.74, 6) is 1.34. The zero-order valence-corrected chi connectivity index (χ0v) is 12.9. The van der Waals surface area contributed by atoms with Crippen LogP contribution in [0.5, 0.6) is 0 Å². The lowest BCUT2D eigenvalue weighted by Crippen LogP contribution is -2.38. The maximum absolute atomic E-state index is 5.95. The zero-order chi connectivity index (χ0) is 15.4. The molecular weight excluding hydrogens is 302 g/mol. The van der Waals surface area contributed by atoms with Crippen molar-refractivity contribution in [2.75, 3.05) is 0 Å². The molecule has 6 nitrogen and oxygen atoms in total. The van der Waals surface area contributed by atoms with Crippen LogP contribution in [0.1, 0.15) is 31.6 Å². The van der Waals surface area contributed by atoms with Gasteiger partial charge in [-0.1, -0.05) is 41.7 Å². The first-order valence-electron chi connectivity index (χ1n) is 7.36. The molecule has 3 rings (SSSR count). The average Bonchev–Trinajstić information content (AvgIpc) is 3.16. The summed E-state index contributed by atoms with van der Waals surface area (Å²) in [5.41, 5.74) is 6.68. The number of nitrogens with zero attached hydrogens (tertiary/aromatic N) is 3. The van der Waals surface area contributed by atoms with Crippen LogP contribution in [0, 0.1) is 0 Å². The fraction of sp³-hybridized carbons (Fsp3) is 0.400. The van der Waals surface area contributed by atoms with E-state index in [9.17, 15) is 0 Å². The van der Waals surface area contributed by atoms with Gasteiger partial charge in [-0.2, -0.15) is 4.98 Å². The molecule has 1 heterocycles. The normalized spacial score (nSPS) is 16.1. The molecule has 2 aromatic rings. The Morgan fingerprint density at radius 1 is 1.41 bits per heavy atom. The molecule has 0 radical (unpaired) electrons. The molecule has 0 bridgehead atoms. The largest absolute Gasteiger partial charge is 0.370 e. The van der Waals surface area contributed by atoms with Gasteiger partial charge < -0.3 is 15.6 Å². The van der Waals surface area contributed by atoms with Gasteiger partial charge in [0.1, 0.15) is 6.54 Å². The predicted molar refractivity (Wildman–Crippen MR) is 85.5 cm³/mol. The summed E-state index contributed by atoms with van der Waals surface area (Å²) in [6, 6.07) is 7.74. The zero-order valence-electron chi connectivity index (χ0n) is 12.1. The maximum Gasteiger partial charge on any atom is 0.248 e. The fourth-order valence-corrected chi connectivity index (χ4v) is 2.73. The Morgan fingerprint density at radius 3 is 3.00 bits per heavy atom. The van der Waals surface area contributed by atoms with Crippen molar-refractivity contribution in [2.24, 2.45) is 10.7 Å². The van der Waals surface area contributed by atoms with Gasteiger partial charge in [-0.25, -0.2) is 4.99 Å². The highest BCUT2D eigenvalue weighted by molar-refractivity contribution is 6.30. The molecule has 1 saturated carbocycles. The van der Waals surface area contributed by atoms with E-state index in [1.165, 1.54) is 12.8 Å². The van der Waals surface area contributed by atoms with E-state index in [2.05, 4.69) is 20.4 Å². The van der Waals surface area contributed by atoms with Crippen LogP contribution in [0.15, 0.2) is 33.8 Å². The summed E-state index contributed by atoms with van der Waals surface area (Å²) in [7, 11) is 0. The number of nitrogens with two attached hydrogens (primary N) is 1. The second-order valence-corrected chi connectivity index (χ2v) is 5.79. The van der Waals surface area contributed by atoms with E-state index in [-0.39, 0.29) is 6.54 Å². The fourth-order valence-electron chi connectivity index (χ4n) is 2.54.